The first-order chi connectivity index (χ1) is 8.72. The summed E-state index contributed by atoms with van der Waals surface area (Å²) in [6, 6.07) is 2.12. The summed E-state index contributed by atoms with van der Waals surface area (Å²) < 4.78 is 6.11. The summed E-state index contributed by atoms with van der Waals surface area (Å²) in [6.07, 6.45) is 1.87. The molecule has 0 atom stereocenters. The van der Waals surface area contributed by atoms with Crippen LogP contribution in [-0.2, 0) is 11.3 Å². The number of anilines is 1. The van der Waals surface area contributed by atoms with Gasteiger partial charge in [0.25, 0.3) is 0 Å². The molecule has 1 aromatic heterocycles. The van der Waals surface area contributed by atoms with Gasteiger partial charge in [-0.25, -0.2) is 4.98 Å². The second kappa shape index (κ2) is 4.76. The number of aryl methyl sites for hydroxylation is 1. The number of hydrogen-bond donors (Lipinski definition) is 1. The molecule has 0 aliphatic carbocycles. The number of nitrogens with two attached hydrogens (primary N) is 1. The van der Waals surface area contributed by atoms with Gasteiger partial charge in [0.2, 0.25) is 0 Å². The molecule has 2 heterocycles. The summed E-state index contributed by atoms with van der Waals surface area (Å²) >= 11 is 0. The van der Waals surface area contributed by atoms with E-state index >= 15 is 0 Å². The molecule has 0 amide bonds. The Kier molecular flexibility index (Phi) is 3.58. The summed E-state index contributed by atoms with van der Waals surface area (Å²) in [5.41, 5.74) is 7.59. The normalized spacial score (nSPS) is 21.5. The van der Waals surface area contributed by atoms with Crippen LogP contribution in [0.2, 0.25) is 0 Å². The van der Waals surface area contributed by atoms with Crippen molar-refractivity contribution in [3.63, 3.8) is 0 Å². The Morgan fingerprint density at radius 1 is 1.26 bits per heavy atom. The Bertz CT molecular complexity index is 452. The number of pyridine rings is 1. The molecule has 106 valence electrons. The van der Waals surface area contributed by atoms with Crippen molar-refractivity contribution in [1.82, 2.24) is 4.98 Å². The topological polar surface area (TPSA) is 51.4 Å². The minimum atomic E-state index is -0.164. The van der Waals surface area contributed by atoms with Crippen molar-refractivity contribution in [2.75, 3.05) is 18.0 Å². The van der Waals surface area contributed by atoms with Crippen LogP contribution in [0.15, 0.2) is 12.3 Å². The average molecular weight is 263 g/mol. The number of morpholine rings is 1. The van der Waals surface area contributed by atoms with E-state index in [0.29, 0.717) is 6.54 Å². The van der Waals surface area contributed by atoms with Gasteiger partial charge in [-0.3, -0.25) is 0 Å². The Balaban J connectivity index is 2.31. The fourth-order valence-corrected chi connectivity index (χ4v) is 3.01. The van der Waals surface area contributed by atoms with Crippen molar-refractivity contribution in [3.8, 4) is 0 Å². The molecule has 2 N–H and O–H groups in total. The van der Waals surface area contributed by atoms with Gasteiger partial charge in [-0.1, -0.05) is 0 Å². The first-order valence-corrected chi connectivity index (χ1v) is 6.83. The highest BCUT2D eigenvalue weighted by atomic mass is 16.5. The number of rotatable bonds is 2. The maximum atomic E-state index is 6.11. The minimum absolute atomic E-state index is 0.164. The van der Waals surface area contributed by atoms with Crippen molar-refractivity contribution in [2.24, 2.45) is 5.73 Å². The predicted molar refractivity (Wildman–Crippen MR) is 78.3 cm³/mol. The zero-order chi connectivity index (χ0) is 14.3. The lowest BCUT2D eigenvalue weighted by molar-refractivity contribution is -0.133. The monoisotopic (exact) mass is 263 g/mol. The van der Waals surface area contributed by atoms with Crippen LogP contribution in [-0.4, -0.2) is 29.3 Å². The van der Waals surface area contributed by atoms with Crippen LogP contribution in [0.4, 0.5) is 5.82 Å². The van der Waals surface area contributed by atoms with Gasteiger partial charge in [0.15, 0.2) is 0 Å². The molecule has 1 aliphatic rings. The zero-order valence-corrected chi connectivity index (χ0v) is 12.7. The molecule has 0 bridgehead atoms. The summed E-state index contributed by atoms with van der Waals surface area (Å²) in [4.78, 5) is 6.91. The molecule has 0 saturated carbocycles. The second-order valence-corrected chi connectivity index (χ2v) is 6.67. The van der Waals surface area contributed by atoms with E-state index in [-0.39, 0.29) is 11.2 Å². The first kappa shape index (κ1) is 14.3. The molecule has 0 radical (unpaired) electrons. The zero-order valence-electron chi connectivity index (χ0n) is 12.7. The lowest BCUT2D eigenvalue weighted by atomic mass is 9.98. The van der Waals surface area contributed by atoms with Crippen LogP contribution < -0.4 is 10.6 Å². The van der Waals surface area contributed by atoms with Crippen molar-refractivity contribution in [1.29, 1.82) is 0 Å². The molecule has 0 spiro atoms. The quantitative estimate of drug-likeness (QED) is 0.889. The van der Waals surface area contributed by atoms with E-state index in [1.807, 2.05) is 6.20 Å². The van der Waals surface area contributed by atoms with Crippen molar-refractivity contribution in [2.45, 2.75) is 52.4 Å². The second-order valence-electron chi connectivity index (χ2n) is 6.67. The van der Waals surface area contributed by atoms with Gasteiger partial charge < -0.3 is 15.4 Å². The standard InChI is InChI=1S/C15H25N3O/c1-11-6-12(7-16)8-17-13(11)18-9-14(2,3)19-15(4,5)10-18/h6,8H,7,9-10,16H2,1-5H3. The number of aromatic nitrogens is 1. The van der Waals surface area contributed by atoms with Crippen LogP contribution in [0.1, 0.15) is 38.8 Å². The molecule has 1 saturated heterocycles. The Morgan fingerprint density at radius 2 is 1.84 bits per heavy atom. The van der Waals surface area contributed by atoms with E-state index in [0.717, 1.165) is 24.5 Å². The molecule has 0 unspecified atom stereocenters. The van der Waals surface area contributed by atoms with E-state index < -0.39 is 0 Å². The van der Waals surface area contributed by atoms with Crippen LogP contribution in [0.5, 0.6) is 0 Å². The summed E-state index contributed by atoms with van der Waals surface area (Å²) in [6.45, 7) is 12.9. The molecule has 4 nitrogen and oxygen atoms in total. The molecule has 2 rings (SSSR count). The first-order valence-electron chi connectivity index (χ1n) is 6.83. The molecular formula is C15H25N3O. The van der Waals surface area contributed by atoms with Crippen molar-refractivity contribution >= 4 is 5.82 Å². The molecule has 1 aromatic rings. The number of ether oxygens (including phenoxy) is 1. The summed E-state index contributed by atoms with van der Waals surface area (Å²) in [7, 11) is 0. The molecule has 19 heavy (non-hydrogen) atoms. The third-order valence-corrected chi connectivity index (χ3v) is 3.34. The Morgan fingerprint density at radius 3 is 2.32 bits per heavy atom. The highest BCUT2D eigenvalue weighted by Gasteiger charge is 2.38. The van der Waals surface area contributed by atoms with E-state index in [1.54, 1.807) is 0 Å². The molecule has 4 heteroatoms. The third-order valence-electron chi connectivity index (χ3n) is 3.34. The van der Waals surface area contributed by atoms with Crippen LogP contribution in [0, 0.1) is 6.92 Å². The van der Waals surface area contributed by atoms with Crippen molar-refractivity contribution in [3.05, 3.63) is 23.4 Å². The highest BCUT2D eigenvalue weighted by Crippen LogP contribution is 2.31. The predicted octanol–water partition coefficient (Wildman–Crippen LogP) is 2.24. The molecule has 0 aromatic carbocycles. The fraction of sp³-hybridized carbons (Fsp3) is 0.667. The molecular weight excluding hydrogens is 238 g/mol. The van der Waals surface area contributed by atoms with Gasteiger partial charge in [0.05, 0.1) is 11.2 Å². The van der Waals surface area contributed by atoms with Gasteiger partial charge >= 0.3 is 0 Å². The average Bonchev–Trinajstić information content (AvgIpc) is 2.24. The smallest absolute Gasteiger partial charge is 0.131 e. The summed E-state index contributed by atoms with van der Waals surface area (Å²) in [5.74, 6) is 1.04. The van der Waals surface area contributed by atoms with E-state index in [2.05, 4.69) is 50.6 Å². The third kappa shape index (κ3) is 3.25. The largest absolute Gasteiger partial charge is 0.366 e. The van der Waals surface area contributed by atoms with Gasteiger partial charge in [0, 0.05) is 25.8 Å². The van der Waals surface area contributed by atoms with Gasteiger partial charge in [-0.2, -0.15) is 0 Å². The van der Waals surface area contributed by atoms with Gasteiger partial charge in [0.1, 0.15) is 5.82 Å². The maximum Gasteiger partial charge on any atom is 0.131 e. The number of nitrogens with zero attached hydrogens (tertiary/aromatic N) is 2. The summed E-state index contributed by atoms with van der Waals surface area (Å²) in [5, 5.41) is 0. The molecule has 1 fully saturated rings. The lowest BCUT2D eigenvalue weighted by Gasteiger charge is -2.47. The van der Waals surface area contributed by atoms with Crippen LogP contribution in [0.3, 0.4) is 0 Å². The maximum absolute atomic E-state index is 6.11. The Hall–Kier alpha value is -1.13. The van der Waals surface area contributed by atoms with Crippen molar-refractivity contribution < 1.29 is 4.74 Å². The number of hydrogen-bond acceptors (Lipinski definition) is 4. The van der Waals surface area contributed by atoms with Gasteiger partial charge in [-0.15, -0.1) is 0 Å². The van der Waals surface area contributed by atoms with Crippen LogP contribution >= 0.6 is 0 Å². The SMILES string of the molecule is Cc1cc(CN)cnc1N1CC(C)(C)OC(C)(C)C1. The molecule has 1 aliphatic heterocycles. The van der Waals surface area contributed by atoms with Crippen LogP contribution in [0.25, 0.3) is 0 Å². The van der Waals surface area contributed by atoms with Gasteiger partial charge in [-0.05, 0) is 51.8 Å². The highest BCUT2D eigenvalue weighted by molar-refractivity contribution is 5.48. The van der Waals surface area contributed by atoms with E-state index in [9.17, 15) is 0 Å². The lowest BCUT2D eigenvalue weighted by Crippen LogP contribution is -2.57. The van der Waals surface area contributed by atoms with E-state index in [4.69, 9.17) is 10.5 Å². The van der Waals surface area contributed by atoms with E-state index in [1.165, 1.54) is 5.56 Å². The fourth-order valence-electron chi connectivity index (χ4n) is 3.01. The minimum Gasteiger partial charge on any atom is -0.366 e. The Labute approximate surface area is 116 Å².